The summed E-state index contributed by atoms with van der Waals surface area (Å²) >= 11 is 0. The van der Waals surface area contributed by atoms with E-state index < -0.39 is 0 Å². The van der Waals surface area contributed by atoms with Crippen LogP contribution in [-0.2, 0) is 9.53 Å². The molecule has 3 N–H and O–H groups in total. The number of ether oxygens (including phenoxy) is 1. The van der Waals surface area contributed by atoms with Crippen LogP contribution in [0.15, 0.2) is 5.16 Å². The third-order valence-electron chi connectivity index (χ3n) is 2.67. The molecule has 0 aromatic rings. The number of nitrogens with two attached hydrogens (primary N) is 1. The maximum Gasteiger partial charge on any atom is 0.248 e. The Labute approximate surface area is 108 Å². The normalized spacial score (nSPS) is 16.7. The van der Waals surface area contributed by atoms with E-state index in [2.05, 4.69) is 5.16 Å². The zero-order valence-electron chi connectivity index (χ0n) is 11.3. The van der Waals surface area contributed by atoms with Gasteiger partial charge in [0.05, 0.1) is 5.60 Å². The summed E-state index contributed by atoms with van der Waals surface area (Å²) < 4.78 is 5.48. The number of oxime groups is 1. The van der Waals surface area contributed by atoms with Gasteiger partial charge in [-0.05, 0) is 33.6 Å². The van der Waals surface area contributed by atoms with Gasteiger partial charge in [0.2, 0.25) is 5.91 Å². The largest absolute Gasteiger partial charge is 0.409 e. The Balaban J connectivity index is 2.43. The van der Waals surface area contributed by atoms with Gasteiger partial charge in [-0.2, -0.15) is 0 Å². The smallest absolute Gasteiger partial charge is 0.248 e. The Kier molecular flexibility index (Phi) is 4.95. The molecule has 0 heterocycles. The Bertz CT molecular complexity index is 319. The molecule has 0 radical (unpaired) electrons. The summed E-state index contributed by atoms with van der Waals surface area (Å²) in [6.07, 6.45) is 2.43. The van der Waals surface area contributed by atoms with Crippen LogP contribution in [0.5, 0.6) is 0 Å². The summed E-state index contributed by atoms with van der Waals surface area (Å²) in [7, 11) is 0. The molecule has 1 rings (SSSR count). The minimum absolute atomic E-state index is 0.0295. The van der Waals surface area contributed by atoms with E-state index in [1.807, 2.05) is 20.8 Å². The van der Waals surface area contributed by atoms with E-state index in [9.17, 15) is 4.79 Å². The highest BCUT2D eigenvalue weighted by molar-refractivity contribution is 5.82. The standard InChI is InChI=1S/C12H23N3O3/c1-12(2,3)18-8-11(16)15(9-4-5-9)7-6-10(13)14-17/h9,17H,4-8H2,1-3H3,(H2,13,14). The lowest BCUT2D eigenvalue weighted by atomic mass is 10.2. The van der Waals surface area contributed by atoms with Gasteiger partial charge in [0.15, 0.2) is 0 Å². The minimum atomic E-state index is -0.323. The maximum absolute atomic E-state index is 12.0. The van der Waals surface area contributed by atoms with Gasteiger partial charge in [-0.15, -0.1) is 0 Å². The van der Waals surface area contributed by atoms with Crippen LogP contribution >= 0.6 is 0 Å². The fourth-order valence-corrected chi connectivity index (χ4v) is 1.54. The molecule has 1 fully saturated rings. The van der Waals surface area contributed by atoms with Crippen LogP contribution < -0.4 is 5.73 Å². The summed E-state index contributed by atoms with van der Waals surface area (Å²) in [5.74, 6) is 0.114. The van der Waals surface area contributed by atoms with Crippen LogP contribution in [0.2, 0.25) is 0 Å². The first-order valence-electron chi connectivity index (χ1n) is 6.23. The molecule has 6 heteroatoms. The average molecular weight is 257 g/mol. The van der Waals surface area contributed by atoms with Crippen LogP contribution in [0.25, 0.3) is 0 Å². The zero-order valence-corrected chi connectivity index (χ0v) is 11.3. The number of carbonyl (C=O) groups is 1. The number of hydrogen-bond acceptors (Lipinski definition) is 4. The second-order valence-electron chi connectivity index (χ2n) is 5.56. The molecule has 1 saturated carbocycles. The van der Waals surface area contributed by atoms with Gasteiger partial charge in [0, 0.05) is 19.0 Å². The molecule has 0 atom stereocenters. The van der Waals surface area contributed by atoms with Gasteiger partial charge in [-0.1, -0.05) is 5.16 Å². The van der Waals surface area contributed by atoms with E-state index in [1.165, 1.54) is 0 Å². The number of amidine groups is 1. The summed E-state index contributed by atoms with van der Waals surface area (Å²) in [5, 5.41) is 11.4. The third kappa shape index (κ3) is 5.35. The number of nitrogens with zero attached hydrogens (tertiary/aromatic N) is 2. The number of carbonyl (C=O) groups excluding carboxylic acids is 1. The van der Waals surface area contributed by atoms with Crippen molar-refractivity contribution in [2.24, 2.45) is 10.9 Å². The average Bonchev–Trinajstić information content (AvgIpc) is 3.09. The fourth-order valence-electron chi connectivity index (χ4n) is 1.54. The van der Waals surface area contributed by atoms with E-state index in [1.54, 1.807) is 4.90 Å². The molecule has 104 valence electrons. The summed E-state index contributed by atoms with van der Waals surface area (Å²) in [4.78, 5) is 13.8. The molecule has 0 bridgehead atoms. The topological polar surface area (TPSA) is 88.2 Å². The van der Waals surface area contributed by atoms with E-state index in [0.29, 0.717) is 19.0 Å². The second-order valence-corrected chi connectivity index (χ2v) is 5.56. The summed E-state index contributed by atoms with van der Waals surface area (Å²) in [6.45, 7) is 6.30. The van der Waals surface area contributed by atoms with Crippen molar-refractivity contribution in [2.75, 3.05) is 13.2 Å². The highest BCUT2D eigenvalue weighted by Crippen LogP contribution is 2.27. The molecular formula is C12H23N3O3. The van der Waals surface area contributed by atoms with Crippen molar-refractivity contribution >= 4 is 11.7 Å². The highest BCUT2D eigenvalue weighted by Gasteiger charge is 2.32. The van der Waals surface area contributed by atoms with Gasteiger partial charge in [0.1, 0.15) is 12.4 Å². The van der Waals surface area contributed by atoms with Crippen molar-refractivity contribution in [2.45, 2.75) is 51.7 Å². The van der Waals surface area contributed by atoms with E-state index >= 15 is 0 Å². The van der Waals surface area contributed by atoms with Crippen molar-refractivity contribution in [3.8, 4) is 0 Å². The molecule has 1 aliphatic rings. The van der Waals surface area contributed by atoms with Gasteiger partial charge in [0.25, 0.3) is 0 Å². The Hall–Kier alpha value is -1.30. The Morgan fingerprint density at radius 3 is 2.56 bits per heavy atom. The van der Waals surface area contributed by atoms with Crippen LogP contribution in [0.3, 0.4) is 0 Å². The second kappa shape index (κ2) is 6.04. The Morgan fingerprint density at radius 2 is 2.11 bits per heavy atom. The molecule has 0 spiro atoms. The van der Waals surface area contributed by atoms with E-state index in [0.717, 1.165) is 12.8 Å². The highest BCUT2D eigenvalue weighted by atomic mass is 16.5. The van der Waals surface area contributed by atoms with E-state index in [-0.39, 0.29) is 24.0 Å². The maximum atomic E-state index is 12.0. The first-order chi connectivity index (χ1) is 8.33. The molecule has 1 aliphatic carbocycles. The van der Waals surface area contributed by atoms with Gasteiger partial charge >= 0.3 is 0 Å². The molecule has 0 aromatic heterocycles. The molecule has 18 heavy (non-hydrogen) atoms. The Morgan fingerprint density at radius 1 is 1.50 bits per heavy atom. The van der Waals surface area contributed by atoms with Crippen LogP contribution in [0.4, 0.5) is 0 Å². The molecule has 6 nitrogen and oxygen atoms in total. The quantitative estimate of drug-likeness (QED) is 0.321. The molecular weight excluding hydrogens is 234 g/mol. The van der Waals surface area contributed by atoms with Crippen LogP contribution in [0.1, 0.15) is 40.0 Å². The summed E-state index contributed by atoms with van der Waals surface area (Å²) in [6, 6.07) is 0.299. The number of hydrogen-bond donors (Lipinski definition) is 2. The molecule has 0 unspecified atom stereocenters. The molecule has 0 aliphatic heterocycles. The first kappa shape index (κ1) is 14.8. The minimum Gasteiger partial charge on any atom is -0.409 e. The van der Waals surface area contributed by atoms with Crippen molar-refractivity contribution in [3.05, 3.63) is 0 Å². The van der Waals surface area contributed by atoms with Crippen molar-refractivity contribution in [1.29, 1.82) is 0 Å². The van der Waals surface area contributed by atoms with E-state index in [4.69, 9.17) is 15.7 Å². The lowest BCUT2D eigenvalue weighted by molar-refractivity contribution is -0.141. The first-order valence-corrected chi connectivity index (χ1v) is 6.23. The van der Waals surface area contributed by atoms with Crippen LogP contribution in [-0.4, -0.2) is 46.6 Å². The third-order valence-corrected chi connectivity index (χ3v) is 2.67. The predicted octanol–water partition coefficient (Wildman–Crippen LogP) is 0.929. The predicted molar refractivity (Wildman–Crippen MR) is 68.5 cm³/mol. The lowest BCUT2D eigenvalue weighted by Crippen LogP contribution is -2.39. The van der Waals surface area contributed by atoms with Gasteiger partial charge < -0.3 is 20.6 Å². The summed E-state index contributed by atoms with van der Waals surface area (Å²) in [5.41, 5.74) is 5.09. The van der Waals surface area contributed by atoms with Gasteiger partial charge in [-0.3, -0.25) is 4.79 Å². The number of amides is 1. The SMILES string of the molecule is CC(C)(C)OCC(=O)N(CCC(N)=NO)C1CC1. The molecule has 1 amide bonds. The van der Waals surface area contributed by atoms with Crippen molar-refractivity contribution < 1.29 is 14.7 Å². The fraction of sp³-hybridized carbons (Fsp3) is 0.833. The van der Waals surface area contributed by atoms with Crippen molar-refractivity contribution in [1.82, 2.24) is 4.90 Å². The van der Waals surface area contributed by atoms with Crippen molar-refractivity contribution in [3.63, 3.8) is 0 Å². The number of rotatable bonds is 6. The monoisotopic (exact) mass is 257 g/mol. The molecule has 0 aromatic carbocycles. The molecule has 0 saturated heterocycles. The zero-order chi connectivity index (χ0) is 13.8. The lowest BCUT2D eigenvalue weighted by Gasteiger charge is -2.25. The van der Waals surface area contributed by atoms with Crippen LogP contribution in [0, 0.1) is 0 Å². The van der Waals surface area contributed by atoms with Gasteiger partial charge in [-0.25, -0.2) is 0 Å².